The summed E-state index contributed by atoms with van der Waals surface area (Å²) in [7, 11) is 0. The number of rotatable bonds is 3. The summed E-state index contributed by atoms with van der Waals surface area (Å²) in [5, 5.41) is 9.64. The molecular formula is C14H15ClN2O. The van der Waals surface area contributed by atoms with Crippen LogP contribution < -0.4 is 0 Å². The summed E-state index contributed by atoms with van der Waals surface area (Å²) in [6, 6.07) is 9.50. The van der Waals surface area contributed by atoms with Crippen molar-refractivity contribution in [2.45, 2.75) is 31.7 Å². The summed E-state index contributed by atoms with van der Waals surface area (Å²) in [5.41, 5.74) is 1.06. The van der Waals surface area contributed by atoms with Gasteiger partial charge in [0.15, 0.2) is 0 Å². The number of carbonyl (C=O) groups excluding carboxylic acids is 1. The van der Waals surface area contributed by atoms with Gasteiger partial charge in [0.1, 0.15) is 6.04 Å². The molecule has 0 radical (unpaired) electrons. The molecule has 0 spiro atoms. The van der Waals surface area contributed by atoms with Crippen LogP contribution in [0.5, 0.6) is 0 Å². The van der Waals surface area contributed by atoms with Crippen LogP contribution in [-0.2, 0) is 11.2 Å². The van der Waals surface area contributed by atoms with Crippen molar-refractivity contribution in [3.63, 3.8) is 0 Å². The summed E-state index contributed by atoms with van der Waals surface area (Å²) < 4.78 is 0. The zero-order valence-corrected chi connectivity index (χ0v) is 10.9. The van der Waals surface area contributed by atoms with Crippen molar-refractivity contribution in [3.8, 4) is 6.07 Å². The van der Waals surface area contributed by atoms with Crippen molar-refractivity contribution in [2.24, 2.45) is 0 Å². The topological polar surface area (TPSA) is 44.1 Å². The Morgan fingerprint density at radius 1 is 1.56 bits per heavy atom. The molecule has 1 aromatic carbocycles. The van der Waals surface area contributed by atoms with E-state index >= 15 is 0 Å². The van der Waals surface area contributed by atoms with Gasteiger partial charge in [-0.1, -0.05) is 23.7 Å². The first-order valence-electron chi connectivity index (χ1n) is 6.14. The summed E-state index contributed by atoms with van der Waals surface area (Å²) in [5.74, 6) is 0.0685. The van der Waals surface area contributed by atoms with Gasteiger partial charge in [-0.05, 0) is 37.0 Å². The lowest BCUT2D eigenvalue weighted by atomic mass is 10.1. The number of benzene rings is 1. The highest BCUT2D eigenvalue weighted by Crippen LogP contribution is 2.19. The van der Waals surface area contributed by atoms with E-state index in [-0.39, 0.29) is 11.9 Å². The second-order valence-electron chi connectivity index (χ2n) is 4.50. The zero-order valence-electron chi connectivity index (χ0n) is 10.1. The smallest absolute Gasteiger partial charge is 0.223 e. The average Bonchev–Trinajstić information content (AvgIpc) is 2.84. The van der Waals surface area contributed by atoms with Gasteiger partial charge < -0.3 is 4.90 Å². The molecule has 1 saturated heterocycles. The highest BCUT2D eigenvalue weighted by atomic mass is 35.5. The minimum absolute atomic E-state index is 0.0685. The number of halogens is 1. The van der Waals surface area contributed by atoms with Crippen molar-refractivity contribution in [1.29, 1.82) is 5.26 Å². The molecule has 1 unspecified atom stereocenters. The minimum Gasteiger partial charge on any atom is -0.327 e. The molecule has 0 saturated carbocycles. The molecule has 4 heteroatoms. The predicted molar refractivity (Wildman–Crippen MR) is 70.1 cm³/mol. The molecule has 1 amide bonds. The molecule has 0 aliphatic carbocycles. The van der Waals surface area contributed by atoms with Crippen molar-refractivity contribution in [1.82, 2.24) is 4.90 Å². The van der Waals surface area contributed by atoms with Crippen molar-refractivity contribution >= 4 is 17.5 Å². The van der Waals surface area contributed by atoms with Crippen LogP contribution in [0.3, 0.4) is 0 Å². The van der Waals surface area contributed by atoms with E-state index in [0.29, 0.717) is 24.4 Å². The number of hydrogen-bond donors (Lipinski definition) is 0. The van der Waals surface area contributed by atoms with Gasteiger partial charge in [-0.3, -0.25) is 4.79 Å². The second-order valence-corrected chi connectivity index (χ2v) is 4.94. The first kappa shape index (κ1) is 12.9. The molecule has 0 N–H and O–H groups in total. The van der Waals surface area contributed by atoms with Crippen molar-refractivity contribution < 1.29 is 4.79 Å². The van der Waals surface area contributed by atoms with E-state index < -0.39 is 0 Å². The number of nitriles is 1. The number of nitrogens with zero attached hydrogens (tertiary/aromatic N) is 2. The molecule has 3 nitrogen and oxygen atoms in total. The second kappa shape index (κ2) is 5.88. The molecule has 1 fully saturated rings. The standard InChI is InChI=1S/C14H15ClN2O/c15-12-4-1-3-11(9-12)6-7-14(18)17-8-2-5-13(17)10-16/h1,3-4,9,13H,2,5-8H2. The van der Waals surface area contributed by atoms with Crippen molar-refractivity contribution in [2.75, 3.05) is 6.54 Å². The summed E-state index contributed by atoms with van der Waals surface area (Å²) in [6.07, 6.45) is 2.85. The van der Waals surface area contributed by atoms with Crippen LogP contribution in [0.25, 0.3) is 0 Å². The molecule has 1 atom stereocenters. The molecule has 0 bridgehead atoms. The number of hydrogen-bond acceptors (Lipinski definition) is 2. The van der Waals surface area contributed by atoms with E-state index in [1.54, 1.807) is 4.90 Å². The fourth-order valence-corrected chi connectivity index (χ4v) is 2.50. The Labute approximate surface area is 112 Å². The number of amides is 1. The number of aryl methyl sites for hydroxylation is 1. The molecule has 0 aromatic heterocycles. The SMILES string of the molecule is N#CC1CCCN1C(=O)CCc1cccc(Cl)c1. The predicted octanol–water partition coefficient (Wildman–Crippen LogP) is 2.79. The molecular weight excluding hydrogens is 248 g/mol. The van der Waals surface area contributed by atoms with Crippen LogP contribution >= 0.6 is 11.6 Å². The average molecular weight is 263 g/mol. The Bertz CT molecular complexity index is 481. The van der Waals surface area contributed by atoms with Crippen LogP contribution in [0.2, 0.25) is 5.02 Å². The van der Waals surface area contributed by atoms with E-state index in [2.05, 4.69) is 6.07 Å². The molecule has 1 aliphatic heterocycles. The highest BCUT2D eigenvalue weighted by molar-refractivity contribution is 6.30. The molecule has 94 valence electrons. The fourth-order valence-electron chi connectivity index (χ4n) is 2.29. The van der Waals surface area contributed by atoms with Crippen LogP contribution in [0.1, 0.15) is 24.8 Å². The van der Waals surface area contributed by atoms with Gasteiger partial charge in [-0.15, -0.1) is 0 Å². The van der Waals surface area contributed by atoms with Crippen LogP contribution in [0.15, 0.2) is 24.3 Å². The molecule has 1 aromatic rings. The summed E-state index contributed by atoms with van der Waals surface area (Å²) in [4.78, 5) is 13.7. The lowest BCUT2D eigenvalue weighted by Crippen LogP contribution is -2.34. The lowest BCUT2D eigenvalue weighted by Gasteiger charge is -2.19. The lowest BCUT2D eigenvalue weighted by molar-refractivity contribution is -0.131. The normalized spacial score (nSPS) is 18.7. The first-order chi connectivity index (χ1) is 8.70. The van der Waals surface area contributed by atoms with E-state index in [9.17, 15) is 4.79 Å². The van der Waals surface area contributed by atoms with Gasteiger partial charge in [-0.25, -0.2) is 0 Å². The van der Waals surface area contributed by atoms with Gasteiger partial charge in [0.25, 0.3) is 0 Å². The van der Waals surface area contributed by atoms with Gasteiger partial charge in [0.2, 0.25) is 5.91 Å². The van der Waals surface area contributed by atoms with Crippen LogP contribution in [-0.4, -0.2) is 23.4 Å². The fraction of sp³-hybridized carbons (Fsp3) is 0.429. The maximum atomic E-state index is 12.0. The Kier molecular flexibility index (Phi) is 4.22. The van der Waals surface area contributed by atoms with E-state index in [1.807, 2.05) is 24.3 Å². The Balaban J connectivity index is 1.91. The molecule has 1 heterocycles. The molecule has 18 heavy (non-hydrogen) atoms. The van der Waals surface area contributed by atoms with Crippen molar-refractivity contribution in [3.05, 3.63) is 34.9 Å². The van der Waals surface area contributed by atoms with Crippen LogP contribution in [0.4, 0.5) is 0 Å². The van der Waals surface area contributed by atoms with E-state index in [1.165, 1.54) is 0 Å². The molecule has 1 aliphatic rings. The number of likely N-dealkylation sites (tertiary alicyclic amines) is 1. The highest BCUT2D eigenvalue weighted by Gasteiger charge is 2.27. The minimum atomic E-state index is -0.225. The quantitative estimate of drug-likeness (QED) is 0.841. The third-order valence-electron chi connectivity index (χ3n) is 3.24. The van der Waals surface area contributed by atoms with Gasteiger partial charge >= 0.3 is 0 Å². The van der Waals surface area contributed by atoms with Crippen LogP contribution in [0, 0.1) is 11.3 Å². The molecule has 2 rings (SSSR count). The van der Waals surface area contributed by atoms with Gasteiger partial charge in [-0.2, -0.15) is 5.26 Å². The Hall–Kier alpha value is -1.53. The first-order valence-corrected chi connectivity index (χ1v) is 6.52. The largest absolute Gasteiger partial charge is 0.327 e. The third-order valence-corrected chi connectivity index (χ3v) is 3.47. The monoisotopic (exact) mass is 262 g/mol. The summed E-state index contributed by atoms with van der Waals surface area (Å²) in [6.45, 7) is 0.715. The maximum Gasteiger partial charge on any atom is 0.223 e. The zero-order chi connectivity index (χ0) is 13.0. The summed E-state index contributed by atoms with van der Waals surface area (Å²) >= 11 is 5.89. The van der Waals surface area contributed by atoms with E-state index in [0.717, 1.165) is 18.4 Å². The third kappa shape index (κ3) is 3.02. The Morgan fingerprint density at radius 3 is 3.11 bits per heavy atom. The number of carbonyl (C=O) groups is 1. The Morgan fingerprint density at radius 2 is 2.39 bits per heavy atom. The van der Waals surface area contributed by atoms with Gasteiger partial charge in [0, 0.05) is 18.0 Å². The van der Waals surface area contributed by atoms with Gasteiger partial charge in [0.05, 0.1) is 6.07 Å². The maximum absolute atomic E-state index is 12.0. The van der Waals surface area contributed by atoms with E-state index in [4.69, 9.17) is 16.9 Å².